The largest absolute Gasteiger partial charge is 0.352 e. The third kappa shape index (κ3) is 5.44. The van der Waals surface area contributed by atoms with Crippen LogP contribution in [0.5, 0.6) is 0 Å². The summed E-state index contributed by atoms with van der Waals surface area (Å²) in [4.78, 5) is 23.7. The Bertz CT molecular complexity index is 524. The molecule has 1 unspecified atom stereocenters. The number of benzene rings is 1. The molecule has 1 aliphatic rings. The molecule has 2 N–H and O–H groups in total. The molecular weight excluding hydrogens is 344 g/mol. The van der Waals surface area contributed by atoms with Gasteiger partial charge >= 0.3 is 0 Å². The van der Waals surface area contributed by atoms with Gasteiger partial charge in [0, 0.05) is 16.9 Å². The molecule has 1 aliphatic carbocycles. The van der Waals surface area contributed by atoms with Crippen LogP contribution in [0.2, 0.25) is 0 Å². The molecule has 1 atom stereocenters. The van der Waals surface area contributed by atoms with Gasteiger partial charge in [-0.2, -0.15) is 0 Å². The van der Waals surface area contributed by atoms with Crippen molar-refractivity contribution in [2.75, 3.05) is 6.54 Å². The van der Waals surface area contributed by atoms with Crippen LogP contribution in [0.3, 0.4) is 0 Å². The molecular formula is C17H23BrN2O2. The predicted molar refractivity (Wildman–Crippen MR) is 90.5 cm³/mol. The second-order valence-corrected chi connectivity index (χ2v) is 7.14. The number of nitrogens with one attached hydrogen (secondary N) is 2. The van der Waals surface area contributed by atoms with Crippen molar-refractivity contribution in [3.63, 3.8) is 0 Å². The normalized spacial score (nSPS) is 15.5. The molecule has 5 heteroatoms. The molecule has 1 saturated carbocycles. The van der Waals surface area contributed by atoms with Gasteiger partial charge in [-0.25, -0.2) is 0 Å². The molecule has 1 aromatic carbocycles. The highest BCUT2D eigenvalue weighted by molar-refractivity contribution is 9.10. The van der Waals surface area contributed by atoms with Crippen molar-refractivity contribution in [3.05, 3.63) is 34.3 Å². The van der Waals surface area contributed by atoms with Crippen LogP contribution >= 0.6 is 15.9 Å². The number of carbonyl (C=O) groups is 2. The van der Waals surface area contributed by atoms with Crippen LogP contribution in [-0.2, 0) is 9.59 Å². The van der Waals surface area contributed by atoms with E-state index in [0.717, 1.165) is 22.9 Å². The molecule has 22 heavy (non-hydrogen) atoms. The maximum atomic E-state index is 12.1. The van der Waals surface area contributed by atoms with Gasteiger partial charge < -0.3 is 10.6 Å². The molecule has 1 fully saturated rings. The number of rotatable bonds is 7. The van der Waals surface area contributed by atoms with Crippen molar-refractivity contribution in [3.8, 4) is 0 Å². The van der Waals surface area contributed by atoms with Gasteiger partial charge in [0.05, 0.1) is 6.54 Å². The summed E-state index contributed by atoms with van der Waals surface area (Å²) >= 11 is 3.42. The lowest BCUT2D eigenvalue weighted by atomic mass is 9.85. The quantitative estimate of drug-likeness (QED) is 0.779. The van der Waals surface area contributed by atoms with Crippen molar-refractivity contribution in [2.24, 2.45) is 5.92 Å². The molecule has 0 aliphatic heterocycles. The Morgan fingerprint density at radius 2 is 1.82 bits per heavy atom. The van der Waals surface area contributed by atoms with Gasteiger partial charge in [-0.05, 0) is 42.4 Å². The monoisotopic (exact) mass is 366 g/mol. The van der Waals surface area contributed by atoms with Crippen LogP contribution in [0.25, 0.3) is 0 Å². The highest BCUT2D eigenvalue weighted by Crippen LogP contribution is 2.28. The highest BCUT2D eigenvalue weighted by atomic mass is 79.9. The van der Waals surface area contributed by atoms with Gasteiger partial charge in [0.15, 0.2) is 0 Å². The molecule has 0 heterocycles. The summed E-state index contributed by atoms with van der Waals surface area (Å²) in [5.41, 5.74) is 1.15. The number of amides is 2. The van der Waals surface area contributed by atoms with E-state index >= 15 is 0 Å². The third-order valence-electron chi connectivity index (χ3n) is 3.90. The van der Waals surface area contributed by atoms with Crippen LogP contribution in [0.1, 0.15) is 44.6 Å². The summed E-state index contributed by atoms with van der Waals surface area (Å²) in [6, 6.07) is 8.40. The van der Waals surface area contributed by atoms with E-state index in [9.17, 15) is 9.59 Å². The molecule has 0 bridgehead atoms. The average Bonchev–Trinajstić information content (AvgIpc) is 3.27. The summed E-state index contributed by atoms with van der Waals surface area (Å²) in [6.07, 6.45) is 2.51. The molecule has 0 spiro atoms. The molecule has 4 nitrogen and oxygen atoms in total. The summed E-state index contributed by atoms with van der Waals surface area (Å²) in [5, 5.41) is 5.59. The van der Waals surface area contributed by atoms with Gasteiger partial charge in [-0.1, -0.05) is 41.9 Å². The minimum absolute atomic E-state index is 0.0699. The molecule has 0 radical (unpaired) electrons. The van der Waals surface area contributed by atoms with Gasteiger partial charge in [0.2, 0.25) is 11.8 Å². The summed E-state index contributed by atoms with van der Waals surface area (Å²) in [6.45, 7) is 4.29. The lowest BCUT2D eigenvalue weighted by Gasteiger charge is -2.21. The van der Waals surface area contributed by atoms with Crippen molar-refractivity contribution in [1.29, 1.82) is 0 Å². The van der Waals surface area contributed by atoms with Crippen LogP contribution in [0.15, 0.2) is 28.7 Å². The lowest BCUT2D eigenvalue weighted by Crippen LogP contribution is -2.38. The Labute approximate surface area is 140 Å². The van der Waals surface area contributed by atoms with Crippen molar-refractivity contribution < 1.29 is 9.59 Å². The van der Waals surface area contributed by atoms with Gasteiger partial charge in [-0.15, -0.1) is 0 Å². The first-order valence-corrected chi connectivity index (χ1v) is 8.56. The number of carbonyl (C=O) groups excluding carboxylic acids is 2. The molecule has 0 aromatic heterocycles. The molecule has 2 rings (SSSR count). The number of hydrogen-bond donors (Lipinski definition) is 2. The smallest absolute Gasteiger partial charge is 0.239 e. The van der Waals surface area contributed by atoms with E-state index in [4.69, 9.17) is 0 Å². The summed E-state index contributed by atoms with van der Waals surface area (Å²) < 4.78 is 1.03. The fourth-order valence-electron chi connectivity index (χ4n) is 2.41. The molecule has 1 aromatic rings. The fraction of sp³-hybridized carbons (Fsp3) is 0.529. The molecule has 0 saturated heterocycles. The van der Waals surface area contributed by atoms with E-state index in [-0.39, 0.29) is 24.3 Å². The van der Waals surface area contributed by atoms with E-state index in [1.807, 2.05) is 24.3 Å². The fourth-order valence-corrected chi connectivity index (χ4v) is 2.67. The van der Waals surface area contributed by atoms with E-state index in [0.29, 0.717) is 18.4 Å². The SMILES string of the molecule is CC(C)C(CC(=O)NCC(=O)NC1CC1)c1ccc(Br)cc1. The highest BCUT2D eigenvalue weighted by Gasteiger charge is 2.24. The zero-order valence-electron chi connectivity index (χ0n) is 13.1. The van der Waals surface area contributed by atoms with Gasteiger partial charge in [0.25, 0.3) is 0 Å². The van der Waals surface area contributed by atoms with Crippen LogP contribution in [0, 0.1) is 5.92 Å². The Balaban J connectivity index is 1.85. The maximum Gasteiger partial charge on any atom is 0.239 e. The Morgan fingerprint density at radius 3 is 2.36 bits per heavy atom. The van der Waals surface area contributed by atoms with Gasteiger partial charge in [0.1, 0.15) is 0 Å². The second-order valence-electron chi connectivity index (χ2n) is 6.22. The topological polar surface area (TPSA) is 58.2 Å². The first kappa shape index (κ1) is 17.0. The minimum atomic E-state index is -0.0967. The second kappa shape index (κ2) is 7.77. The minimum Gasteiger partial charge on any atom is -0.352 e. The zero-order chi connectivity index (χ0) is 16.1. The van der Waals surface area contributed by atoms with Crippen LogP contribution in [0.4, 0.5) is 0 Å². The maximum absolute atomic E-state index is 12.1. The standard InChI is InChI=1S/C17H23BrN2O2/c1-11(2)15(12-3-5-13(18)6-4-12)9-16(21)19-10-17(22)20-14-7-8-14/h3-6,11,14-15H,7-10H2,1-2H3,(H,19,21)(H,20,22). The number of halogens is 1. The van der Waals surface area contributed by atoms with Crippen molar-refractivity contribution >= 4 is 27.7 Å². The third-order valence-corrected chi connectivity index (χ3v) is 4.43. The summed E-state index contributed by atoms with van der Waals surface area (Å²) in [5.74, 6) is 0.333. The Hall–Kier alpha value is -1.36. The van der Waals surface area contributed by atoms with E-state index in [1.165, 1.54) is 0 Å². The van der Waals surface area contributed by atoms with Gasteiger partial charge in [-0.3, -0.25) is 9.59 Å². The predicted octanol–water partition coefficient (Wildman–Crippen LogP) is 2.97. The number of hydrogen-bond acceptors (Lipinski definition) is 2. The van der Waals surface area contributed by atoms with E-state index in [1.54, 1.807) is 0 Å². The van der Waals surface area contributed by atoms with Crippen molar-refractivity contribution in [1.82, 2.24) is 10.6 Å². The molecule has 120 valence electrons. The first-order valence-electron chi connectivity index (χ1n) is 7.77. The van der Waals surface area contributed by atoms with Crippen LogP contribution in [-0.4, -0.2) is 24.4 Å². The first-order chi connectivity index (χ1) is 10.5. The summed E-state index contributed by atoms with van der Waals surface area (Å²) in [7, 11) is 0. The van der Waals surface area contributed by atoms with Crippen molar-refractivity contribution in [2.45, 2.75) is 45.1 Å². The zero-order valence-corrected chi connectivity index (χ0v) is 14.7. The Morgan fingerprint density at radius 1 is 1.18 bits per heavy atom. The van der Waals surface area contributed by atoms with E-state index in [2.05, 4.69) is 40.4 Å². The molecule has 2 amide bonds. The van der Waals surface area contributed by atoms with E-state index < -0.39 is 0 Å². The average molecular weight is 367 g/mol. The lowest BCUT2D eigenvalue weighted by molar-refractivity contribution is -0.126. The Kier molecular flexibility index (Phi) is 6.00. The van der Waals surface area contributed by atoms with Crippen LogP contribution < -0.4 is 10.6 Å².